The van der Waals surface area contributed by atoms with Crippen LogP contribution in [0.3, 0.4) is 0 Å². The number of ether oxygens (including phenoxy) is 5. The van der Waals surface area contributed by atoms with E-state index in [0.717, 1.165) is 19.3 Å². The molecule has 1 atom stereocenters. The van der Waals surface area contributed by atoms with Crippen LogP contribution in [0, 0.1) is 5.41 Å². The van der Waals surface area contributed by atoms with Crippen LogP contribution in [0.15, 0.2) is 57.2 Å². The molecule has 0 N–H and O–H groups in total. The van der Waals surface area contributed by atoms with Gasteiger partial charge in [-0.15, -0.1) is 0 Å². The summed E-state index contributed by atoms with van der Waals surface area (Å²) in [4.78, 5) is 60.8. The van der Waals surface area contributed by atoms with E-state index in [0.29, 0.717) is 35.4 Å². The highest BCUT2D eigenvalue weighted by atomic mass is 31.2. The van der Waals surface area contributed by atoms with Gasteiger partial charge < -0.3 is 23.7 Å². The number of nitrogens with zero attached hydrogens (tertiary/aromatic N) is 3. The number of carbonyl (C=O) groups is 4. The van der Waals surface area contributed by atoms with Gasteiger partial charge in [0.15, 0.2) is 0 Å². The molecule has 55 heavy (non-hydrogen) atoms. The molecule has 304 valence electrons. The first kappa shape index (κ1) is 44.0. The molecule has 2 heterocycles. The van der Waals surface area contributed by atoms with Crippen LogP contribution >= 0.6 is 7.36 Å². The van der Waals surface area contributed by atoms with Crippen LogP contribution < -0.4 is 4.74 Å². The summed E-state index contributed by atoms with van der Waals surface area (Å²) in [6, 6.07) is 6.26. The molecule has 0 radical (unpaired) electrons. The van der Waals surface area contributed by atoms with E-state index in [1.165, 1.54) is 0 Å². The van der Waals surface area contributed by atoms with Gasteiger partial charge in [0.05, 0.1) is 44.7 Å². The first-order valence-corrected chi connectivity index (χ1v) is 21.4. The standard InChI is InChI=1S/C42H62N3O9P/c1-13-51-37(46)34-32(29-22-24-31(50-12)25-23-29)26-33(41(9,10)11)43-55(44(27(5)6)28(7)8)36(34)35(38(47)52-14-2)42(39(48)53-15-3,40(49)54-16-4)45(55)30-20-18-17-19-21-30/h22-28,30H,13-21H2,1-12H3. The van der Waals surface area contributed by atoms with E-state index in [4.69, 9.17) is 28.4 Å². The lowest BCUT2D eigenvalue weighted by Crippen LogP contribution is -2.64. The number of methoxy groups -OCH3 is 1. The molecule has 3 aliphatic rings. The van der Waals surface area contributed by atoms with E-state index in [2.05, 4.69) is 4.67 Å². The molecule has 0 bridgehead atoms. The van der Waals surface area contributed by atoms with E-state index >= 15 is 19.2 Å². The predicted octanol–water partition coefficient (Wildman–Crippen LogP) is 8.44. The lowest BCUT2D eigenvalue weighted by molar-refractivity contribution is -0.171. The maximum Gasteiger partial charge on any atom is 0.343 e. The Labute approximate surface area is 327 Å². The summed E-state index contributed by atoms with van der Waals surface area (Å²) in [5.41, 5.74) is -1.74. The number of hydrogen-bond donors (Lipinski definition) is 0. The van der Waals surface area contributed by atoms with Crippen molar-refractivity contribution in [1.82, 2.24) is 9.34 Å². The molecule has 0 spiro atoms. The van der Waals surface area contributed by atoms with E-state index < -0.39 is 48.2 Å². The molecule has 12 nitrogen and oxygen atoms in total. The lowest BCUT2D eigenvalue weighted by atomic mass is 9.83. The maximum atomic E-state index is 15.3. The fourth-order valence-electron chi connectivity index (χ4n) is 8.16. The van der Waals surface area contributed by atoms with Crippen LogP contribution in [0.1, 0.15) is 114 Å². The van der Waals surface area contributed by atoms with Crippen LogP contribution in [-0.4, -0.2) is 90.4 Å². The van der Waals surface area contributed by atoms with Crippen LogP contribution in [0.4, 0.5) is 0 Å². The number of allylic oxidation sites excluding steroid dienone is 3. The van der Waals surface area contributed by atoms with Crippen molar-refractivity contribution in [2.75, 3.05) is 33.5 Å². The Kier molecular flexibility index (Phi) is 14.4. The Morgan fingerprint density at radius 1 is 0.818 bits per heavy atom. The summed E-state index contributed by atoms with van der Waals surface area (Å²) in [6.45, 7) is 20.7. The molecule has 0 amide bonds. The molecule has 4 rings (SSSR count). The first-order chi connectivity index (χ1) is 26.0. The quantitative estimate of drug-likeness (QED) is 0.0779. The molecule has 2 aliphatic heterocycles. The minimum Gasteiger partial charge on any atom is -0.497 e. The summed E-state index contributed by atoms with van der Waals surface area (Å²) >= 11 is 0. The summed E-state index contributed by atoms with van der Waals surface area (Å²) in [6.07, 6.45) is 5.70. The summed E-state index contributed by atoms with van der Waals surface area (Å²) in [5.74, 6) is -3.00. The number of benzene rings is 1. The minimum absolute atomic E-state index is 0.0178. The van der Waals surface area contributed by atoms with Crippen molar-refractivity contribution in [3.8, 4) is 5.75 Å². The van der Waals surface area contributed by atoms with Gasteiger partial charge in [0.25, 0.3) is 5.54 Å². The second-order valence-electron chi connectivity index (χ2n) is 15.5. The molecular weight excluding hydrogens is 721 g/mol. The van der Waals surface area contributed by atoms with Gasteiger partial charge in [-0.25, -0.2) is 33.3 Å². The van der Waals surface area contributed by atoms with Crippen molar-refractivity contribution in [3.05, 3.63) is 58.1 Å². The van der Waals surface area contributed by atoms with Gasteiger partial charge >= 0.3 is 23.9 Å². The van der Waals surface area contributed by atoms with Gasteiger partial charge in [-0.3, -0.25) is 0 Å². The Bertz CT molecular complexity index is 1740. The largest absolute Gasteiger partial charge is 0.497 e. The molecule has 13 heteroatoms. The normalized spacial score (nSPS) is 20.5. The Morgan fingerprint density at radius 2 is 1.33 bits per heavy atom. The fourth-order valence-corrected chi connectivity index (χ4v) is 13.5. The Morgan fingerprint density at radius 3 is 1.78 bits per heavy atom. The van der Waals surface area contributed by atoms with Crippen molar-refractivity contribution in [1.29, 1.82) is 0 Å². The van der Waals surface area contributed by atoms with Crippen molar-refractivity contribution >= 4 is 36.8 Å². The molecule has 1 aliphatic carbocycles. The van der Waals surface area contributed by atoms with Gasteiger partial charge in [-0.2, -0.15) is 0 Å². The summed E-state index contributed by atoms with van der Waals surface area (Å²) < 4.78 is 39.1. The van der Waals surface area contributed by atoms with Gasteiger partial charge in [0.2, 0.25) is 0 Å². The predicted molar refractivity (Wildman–Crippen MR) is 214 cm³/mol. The average molecular weight is 784 g/mol. The van der Waals surface area contributed by atoms with Gasteiger partial charge in [-0.1, -0.05) is 52.2 Å². The molecule has 1 fully saturated rings. The zero-order valence-electron chi connectivity index (χ0n) is 34.9. The minimum atomic E-state index is -3.85. The highest BCUT2D eigenvalue weighted by Crippen LogP contribution is 2.78. The average Bonchev–Trinajstić information content (AvgIpc) is 3.28. The third kappa shape index (κ3) is 7.96. The van der Waals surface area contributed by atoms with Gasteiger partial charge in [-0.05, 0) is 97.6 Å². The van der Waals surface area contributed by atoms with Crippen LogP contribution in [0.25, 0.3) is 5.57 Å². The summed E-state index contributed by atoms with van der Waals surface area (Å²) in [5, 5.41) is 0.153. The third-order valence-corrected chi connectivity index (χ3v) is 14.5. The SMILES string of the molecule is CCOC(=O)C1=C(c2ccc(OC)cc2)C=C(C(C)(C)C)N=P2(N(C(C)C)C(C)C)C1=C(C(=O)OCC)C(C(=O)OCC)(C(=O)OCC)N2C1CCCCC1. The number of rotatable bonds is 14. The summed E-state index contributed by atoms with van der Waals surface area (Å²) in [7, 11) is -2.27. The number of esters is 4. The smallest absolute Gasteiger partial charge is 0.343 e. The molecule has 1 aromatic carbocycles. The van der Waals surface area contributed by atoms with E-state index in [-0.39, 0.29) is 55.0 Å². The van der Waals surface area contributed by atoms with E-state index in [1.54, 1.807) is 46.9 Å². The number of fused-ring (bicyclic) bond motifs is 1. The number of carbonyl (C=O) groups excluding carboxylic acids is 4. The van der Waals surface area contributed by atoms with E-state index in [1.807, 2.05) is 71.3 Å². The van der Waals surface area contributed by atoms with Gasteiger partial charge in [0, 0.05) is 34.6 Å². The second-order valence-corrected chi connectivity index (χ2v) is 18.2. The van der Waals surface area contributed by atoms with Crippen molar-refractivity contribution in [2.24, 2.45) is 10.2 Å². The van der Waals surface area contributed by atoms with Crippen molar-refractivity contribution in [2.45, 2.75) is 132 Å². The van der Waals surface area contributed by atoms with Crippen LogP contribution in [0.5, 0.6) is 5.75 Å². The molecule has 1 unspecified atom stereocenters. The zero-order chi connectivity index (χ0) is 40.9. The highest BCUT2D eigenvalue weighted by Gasteiger charge is 2.73. The number of hydrogen-bond acceptors (Lipinski definition) is 12. The third-order valence-electron chi connectivity index (χ3n) is 10.1. The Balaban J connectivity index is 2.56. The monoisotopic (exact) mass is 783 g/mol. The van der Waals surface area contributed by atoms with E-state index in [9.17, 15) is 0 Å². The van der Waals surface area contributed by atoms with Crippen LogP contribution in [0.2, 0.25) is 0 Å². The highest BCUT2D eigenvalue weighted by molar-refractivity contribution is 7.67. The fraction of sp³-hybridized carbons (Fsp3) is 0.619. The second kappa shape index (κ2) is 18.0. The van der Waals surface area contributed by atoms with Gasteiger partial charge in [0.1, 0.15) is 13.1 Å². The topological polar surface area (TPSA) is 133 Å². The van der Waals surface area contributed by atoms with Crippen molar-refractivity contribution < 1.29 is 42.9 Å². The lowest BCUT2D eigenvalue weighted by Gasteiger charge is -2.52. The molecular formula is C42H62N3O9P. The first-order valence-electron chi connectivity index (χ1n) is 19.8. The molecule has 0 aromatic heterocycles. The molecule has 1 saturated carbocycles. The Hall–Kier alpha value is -3.73. The molecule has 1 aromatic rings. The maximum absolute atomic E-state index is 15.3. The molecule has 0 saturated heterocycles. The van der Waals surface area contributed by atoms with Crippen LogP contribution in [-0.2, 0) is 38.1 Å². The zero-order valence-corrected chi connectivity index (χ0v) is 35.8. The van der Waals surface area contributed by atoms with Crippen molar-refractivity contribution in [3.63, 3.8) is 0 Å².